The van der Waals surface area contributed by atoms with Crippen LogP contribution in [0.15, 0.2) is 11.6 Å². The molecular formula is C18H36NO2Si+. The van der Waals surface area contributed by atoms with Crippen molar-refractivity contribution in [1.29, 1.82) is 0 Å². The number of carbonyl (C=O) groups is 1. The minimum absolute atomic E-state index is 0.00383. The van der Waals surface area contributed by atoms with E-state index >= 15 is 0 Å². The molecule has 128 valence electrons. The van der Waals surface area contributed by atoms with E-state index < -0.39 is 8.32 Å². The molecule has 3 nitrogen and oxygen atoms in total. The van der Waals surface area contributed by atoms with E-state index in [9.17, 15) is 4.79 Å². The Morgan fingerprint density at radius 2 is 1.68 bits per heavy atom. The normalized spacial score (nSPS) is 20.5. The highest BCUT2D eigenvalue weighted by atomic mass is 28.4. The predicted molar refractivity (Wildman–Crippen MR) is 96.5 cm³/mol. The van der Waals surface area contributed by atoms with Gasteiger partial charge < -0.3 is 8.91 Å². The molecule has 0 aromatic rings. The fraction of sp³-hybridized carbons (Fsp3) is 0.833. The Balaban J connectivity index is 2.85. The molecule has 0 radical (unpaired) electrons. The van der Waals surface area contributed by atoms with Gasteiger partial charge in [-0.3, -0.25) is 4.79 Å². The second-order valence-electron chi connectivity index (χ2n) is 8.18. The number of quaternary nitrogens is 1. The predicted octanol–water partition coefficient (Wildman–Crippen LogP) is 4.15. The molecule has 0 heterocycles. The molecule has 0 spiro atoms. The minimum Gasteiger partial charge on any atom is -0.410 e. The lowest BCUT2D eigenvalue weighted by atomic mass is 10.1. The smallest absolute Gasteiger partial charge is 0.192 e. The summed E-state index contributed by atoms with van der Waals surface area (Å²) in [6, 6.07) is 0. The molecule has 1 aliphatic carbocycles. The molecule has 1 rings (SSSR count). The van der Waals surface area contributed by atoms with Crippen LogP contribution < -0.4 is 0 Å². The van der Waals surface area contributed by atoms with Crippen LogP contribution in [0, 0.1) is 0 Å². The molecule has 22 heavy (non-hydrogen) atoms. The third-order valence-corrected chi connectivity index (χ3v) is 10.4. The first-order valence-electron chi connectivity index (χ1n) is 8.77. The van der Waals surface area contributed by atoms with Crippen molar-refractivity contribution in [2.75, 3.05) is 26.2 Å². The third kappa shape index (κ3) is 4.30. The van der Waals surface area contributed by atoms with E-state index in [0.717, 1.165) is 36.2 Å². The largest absolute Gasteiger partial charge is 0.410 e. The number of Topliss-reactive ketones (excluding diaryl/α,β-unsaturated/α-hetero) is 1. The van der Waals surface area contributed by atoms with Crippen LogP contribution in [0.1, 0.15) is 48.0 Å². The van der Waals surface area contributed by atoms with Crippen LogP contribution in [0.2, 0.25) is 18.1 Å². The monoisotopic (exact) mass is 326 g/mol. The maximum absolute atomic E-state index is 12.4. The molecule has 1 atom stereocenters. The number of carbonyl (C=O) groups excluding carboxylic acids is 1. The zero-order valence-electron chi connectivity index (χ0n) is 16.0. The van der Waals surface area contributed by atoms with Crippen molar-refractivity contribution in [3.63, 3.8) is 0 Å². The van der Waals surface area contributed by atoms with Gasteiger partial charge in [-0.25, -0.2) is 0 Å². The Morgan fingerprint density at radius 3 is 2.09 bits per heavy atom. The second kappa shape index (κ2) is 6.98. The molecule has 0 fully saturated rings. The maximum atomic E-state index is 12.4. The molecule has 0 saturated heterocycles. The summed E-state index contributed by atoms with van der Waals surface area (Å²) in [6.07, 6.45) is 2.66. The van der Waals surface area contributed by atoms with Gasteiger partial charge in [0.15, 0.2) is 14.1 Å². The number of ketones is 1. The zero-order valence-corrected chi connectivity index (χ0v) is 17.0. The highest BCUT2D eigenvalue weighted by Crippen LogP contribution is 2.38. The highest BCUT2D eigenvalue weighted by molar-refractivity contribution is 6.74. The Bertz CT molecular complexity index is 423. The summed E-state index contributed by atoms with van der Waals surface area (Å²) < 4.78 is 7.40. The van der Waals surface area contributed by atoms with Crippen LogP contribution in [-0.2, 0) is 9.22 Å². The molecule has 0 amide bonds. The third-order valence-electron chi connectivity index (χ3n) is 5.90. The molecule has 0 saturated carbocycles. The molecule has 0 N–H and O–H groups in total. The van der Waals surface area contributed by atoms with Gasteiger partial charge in [0.2, 0.25) is 0 Å². The number of likely N-dealkylation sites (N-methyl/N-ethyl adjacent to an activating group) is 1. The van der Waals surface area contributed by atoms with Crippen molar-refractivity contribution in [2.45, 2.75) is 72.2 Å². The molecule has 0 aliphatic heterocycles. The van der Waals surface area contributed by atoms with E-state index in [-0.39, 0.29) is 11.1 Å². The lowest BCUT2D eigenvalue weighted by molar-refractivity contribution is -0.918. The highest BCUT2D eigenvalue weighted by Gasteiger charge is 2.41. The minimum atomic E-state index is -1.81. The first-order valence-corrected chi connectivity index (χ1v) is 11.7. The molecule has 1 aliphatic rings. The summed E-state index contributed by atoms with van der Waals surface area (Å²) in [6.45, 7) is 22.0. The van der Waals surface area contributed by atoms with E-state index in [2.05, 4.69) is 60.7 Å². The van der Waals surface area contributed by atoms with Gasteiger partial charge in [-0.15, -0.1) is 0 Å². The van der Waals surface area contributed by atoms with Crippen molar-refractivity contribution in [1.82, 2.24) is 0 Å². The van der Waals surface area contributed by atoms with Gasteiger partial charge in [0.25, 0.3) is 0 Å². The van der Waals surface area contributed by atoms with Crippen molar-refractivity contribution >= 4 is 14.1 Å². The summed E-state index contributed by atoms with van der Waals surface area (Å²) in [5, 5.41) is 0.183. The van der Waals surface area contributed by atoms with Gasteiger partial charge in [0.05, 0.1) is 25.7 Å². The van der Waals surface area contributed by atoms with Crippen LogP contribution in [-0.4, -0.2) is 50.9 Å². The number of hydrogen-bond donors (Lipinski definition) is 0. The van der Waals surface area contributed by atoms with Gasteiger partial charge >= 0.3 is 0 Å². The van der Waals surface area contributed by atoms with E-state index in [1.54, 1.807) is 0 Å². The van der Waals surface area contributed by atoms with Crippen molar-refractivity contribution in [2.24, 2.45) is 0 Å². The molecule has 0 aromatic carbocycles. The molecule has 0 aromatic heterocycles. The van der Waals surface area contributed by atoms with Gasteiger partial charge in [0.1, 0.15) is 6.54 Å². The Labute approximate surface area is 138 Å². The maximum Gasteiger partial charge on any atom is 0.192 e. The first kappa shape index (κ1) is 19.6. The topological polar surface area (TPSA) is 26.3 Å². The van der Waals surface area contributed by atoms with Crippen molar-refractivity contribution in [3.05, 3.63) is 11.6 Å². The summed E-state index contributed by atoms with van der Waals surface area (Å²) >= 11 is 0. The summed E-state index contributed by atoms with van der Waals surface area (Å²) in [7, 11) is -1.81. The number of nitrogens with zero attached hydrogens (tertiary/aromatic N) is 1. The molecular weight excluding hydrogens is 290 g/mol. The zero-order chi connectivity index (χ0) is 17.2. The van der Waals surface area contributed by atoms with Crippen LogP contribution in [0.25, 0.3) is 0 Å². The van der Waals surface area contributed by atoms with Crippen molar-refractivity contribution < 1.29 is 13.7 Å². The number of rotatable bonds is 7. The average Bonchev–Trinajstić information content (AvgIpc) is 2.74. The lowest BCUT2D eigenvalue weighted by Gasteiger charge is -2.38. The fourth-order valence-corrected chi connectivity index (χ4v) is 4.09. The molecule has 4 heteroatoms. The summed E-state index contributed by atoms with van der Waals surface area (Å²) in [4.78, 5) is 12.4. The second-order valence-corrected chi connectivity index (χ2v) is 12.9. The Kier molecular flexibility index (Phi) is 6.21. The van der Waals surface area contributed by atoms with E-state index in [1.165, 1.54) is 0 Å². The SMILES string of the molecule is CC[N+](CC)(CC)CC1=C[C@H](O[Si](C)(C)C(C)(C)C)CC1=O. The Hall–Kier alpha value is -0.453. The van der Waals surface area contributed by atoms with Gasteiger partial charge in [-0.1, -0.05) is 20.8 Å². The average molecular weight is 327 g/mol. The quantitative estimate of drug-likeness (QED) is 0.519. The number of hydrogen-bond acceptors (Lipinski definition) is 2. The van der Waals surface area contributed by atoms with E-state index in [1.807, 2.05) is 0 Å². The van der Waals surface area contributed by atoms with Gasteiger partial charge in [-0.05, 0) is 45.0 Å². The molecule has 0 bridgehead atoms. The van der Waals surface area contributed by atoms with Crippen LogP contribution in [0.5, 0.6) is 0 Å². The van der Waals surface area contributed by atoms with Crippen LogP contribution >= 0.6 is 0 Å². The van der Waals surface area contributed by atoms with Gasteiger partial charge in [-0.2, -0.15) is 0 Å². The first-order chi connectivity index (χ1) is 10.00. The molecule has 0 unspecified atom stereocenters. The van der Waals surface area contributed by atoms with Crippen LogP contribution in [0.4, 0.5) is 0 Å². The van der Waals surface area contributed by atoms with E-state index in [0.29, 0.717) is 12.2 Å². The fourth-order valence-electron chi connectivity index (χ4n) is 2.83. The lowest BCUT2D eigenvalue weighted by Crippen LogP contribution is -2.49. The van der Waals surface area contributed by atoms with E-state index in [4.69, 9.17) is 4.43 Å². The van der Waals surface area contributed by atoms with Crippen molar-refractivity contribution in [3.8, 4) is 0 Å². The van der Waals surface area contributed by atoms with Gasteiger partial charge in [0, 0.05) is 12.0 Å². The Morgan fingerprint density at radius 1 is 1.18 bits per heavy atom. The summed E-state index contributed by atoms with van der Waals surface area (Å²) in [5.74, 6) is 0.293. The van der Waals surface area contributed by atoms with Crippen LogP contribution in [0.3, 0.4) is 0 Å². The standard InChI is InChI=1S/C18H36NO2Si/c1-9-19(10-2,11-3)14-15-12-16(13-17(15)20)21-22(7,8)18(4,5)6/h12,16H,9-11,13-14H2,1-8H3/q+1/t16-/m0/s1. The summed E-state index contributed by atoms with van der Waals surface area (Å²) in [5.41, 5.74) is 0.995.